The first-order valence-corrected chi connectivity index (χ1v) is 8.04. The predicted octanol–water partition coefficient (Wildman–Crippen LogP) is 1.27. The van der Waals surface area contributed by atoms with Gasteiger partial charge in [-0.3, -0.25) is 9.59 Å². The molecule has 0 saturated carbocycles. The van der Waals surface area contributed by atoms with Gasteiger partial charge in [0.1, 0.15) is 11.4 Å². The van der Waals surface area contributed by atoms with Crippen LogP contribution in [0.15, 0.2) is 29.2 Å². The van der Waals surface area contributed by atoms with Gasteiger partial charge in [0.2, 0.25) is 11.3 Å². The minimum absolute atomic E-state index is 0.145. The van der Waals surface area contributed by atoms with E-state index in [4.69, 9.17) is 10.5 Å². The van der Waals surface area contributed by atoms with Gasteiger partial charge in [0.25, 0.3) is 0 Å². The number of ether oxygens (including phenoxy) is 1. The number of primary amides is 1. The molecule has 1 aliphatic heterocycles. The van der Waals surface area contributed by atoms with E-state index in [-0.39, 0.29) is 23.6 Å². The standard InChI is InChI=1S/C17H20N4O4/c1-25-11-4-5-13-12(7-11)15(22)14(8-19-13)20-17(24)21-6-2-3-10(9-21)16(18)23/h4-5,7-8,10H,2-3,6,9H2,1H3,(H2,18,23)(H,19,22)(H,20,24). The molecule has 1 aromatic carbocycles. The molecule has 1 atom stereocenters. The van der Waals surface area contributed by atoms with Crippen LogP contribution >= 0.6 is 0 Å². The van der Waals surface area contributed by atoms with Gasteiger partial charge in [0, 0.05) is 24.8 Å². The lowest BCUT2D eigenvalue weighted by molar-refractivity contribution is -0.123. The van der Waals surface area contributed by atoms with Crippen LogP contribution in [0.2, 0.25) is 0 Å². The molecule has 132 valence electrons. The second-order valence-electron chi connectivity index (χ2n) is 6.06. The van der Waals surface area contributed by atoms with E-state index in [0.717, 1.165) is 0 Å². The number of amides is 3. The molecule has 0 bridgehead atoms. The maximum atomic E-state index is 12.6. The van der Waals surface area contributed by atoms with Crippen molar-refractivity contribution in [2.45, 2.75) is 12.8 Å². The number of nitrogens with one attached hydrogen (secondary N) is 2. The van der Waals surface area contributed by atoms with Crippen molar-refractivity contribution in [1.29, 1.82) is 0 Å². The summed E-state index contributed by atoms with van der Waals surface area (Å²) in [6, 6.07) is 4.68. The molecule has 0 radical (unpaired) electrons. The van der Waals surface area contributed by atoms with Crippen LogP contribution in [-0.2, 0) is 4.79 Å². The number of aromatic amines is 1. The molecule has 0 aliphatic carbocycles. The number of fused-ring (bicyclic) bond motifs is 1. The average molecular weight is 344 g/mol. The molecule has 2 heterocycles. The lowest BCUT2D eigenvalue weighted by atomic mass is 9.98. The summed E-state index contributed by atoms with van der Waals surface area (Å²) < 4.78 is 5.14. The van der Waals surface area contributed by atoms with Crippen molar-refractivity contribution in [3.05, 3.63) is 34.6 Å². The van der Waals surface area contributed by atoms with Gasteiger partial charge in [0.15, 0.2) is 0 Å². The Morgan fingerprint density at radius 3 is 2.92 bits per heavy atom. The summed E-state index contributed by atoms with van der Waals surface area (Å²) in [7, 11) is 1.52. The molecule has 8 nitrogen and oxygen atoms in total. The zero-order valence-electron chi connectivity index (χ0n) is 13.9. The highest BCUT2D eigenvalue weighted by Gasteiger charge is 2.27. The summed E-state index contributed by atoms with van der Waals surface area (Å²) in [4.78, 5) is 40.9. The topological polar surface area (TPSA) is 118 Å². The van der Waals surface area contributed by atoms with Crippen LogP contribution in [0.5, 0.6) is 5.75 Å². The van der Waals surface area contributed by atoms with E-state index in [1.165, 1.54) is 18.2 Å². The van der Waals surface area contributed by atoms with Gasteiger partial charge >= 0.3 is 6.03 Å². The minimum atomic E-state index is -0.418. The molecular weight excluding hydrogens is 324 g/mol. The number of piperidine rings is 1. The number of benzene rings is 1. The Hall–Kier alpha value is -3.03. The summed E-state index contributed by atoms with van der Waals surface area (Å²) in [5.74, 6) is -0.200. The molecular formula is C17H20N4O4. The second kappa shape index (κ2) is 6.84. The number of carbonyl (C=O) groups excluding carboxylic acids is 2. The van der Waals surface area contributed by atoms with Gasteiger partial charge in [0.05, 0.1) is 18.4 Å². The van der Waals surface area contributed by atoms with Crippen molar-refractivity contribution in [3.8, 4) is 5.75 Å². The fourth-order valence-electron chi connectivity index (χ4n) is 3.01. The number of nitrogens with two attached hydrogens (primary N) is 1. The number of urea groups is 1. The van der Waals surface area contributed by atoms with Gasteiger partial charge in [-0.2, -0.15) is 0 Å². The van der Waals surface area contributed by atoms with E-state index in [1.54, 1.807) is 18.2 Å². The van der Waals surface area contributed by atoms with Crippen LogP contribution in [0.1, 0.15) is 12.8 Å². The van der Waals surface area contributed by atoms with Crippen LogP contribution in [-0.4, -0.2) is 42.0 Å². The number of nitrogens with zero attached hydrogens (tertiary/aromatic N) is 1. The summed E-state index contributed by atoms with van der Waals surface area (Å²) in [6.45, 7) is 0.787. The molecule has 1 saturated heterocycles. The van der Waals surface area contributed by atoms with Crippen LogP contribution < -0.4 is 21.2 Å². The Morgan fingerprint density at radius 2 is 2.20 bits per heavy atom. The van der Waals surface area contributed by atoms with Crippen LogP contribution in [0.25, 0.3) is 10.9 Å². The van der Waals surface area contributed by atoms with E-state index in [9.17, 15) is 14.4 Å². The Labute approximate surface area is 143 Å². The van der Waals surface area contributed by atoms with Crippen LogP contribution in [0, 0.1) is 5.92 Å². The summed E-state index contributed by atoms with van der Waals surface area (Å²) in [5.41, 5.74) is 5.82. The van der Waals surface area contributed by atoms with Crippen LogP contribution in [0.4, 0.5) is 10.5 Å². The van der Waals surface area contributed by atoms with Crippen molar-refractivity contribution in [2.75, 3.05) is 25.5 Å². The number of methoxy groups -OCH3 is 1. The van der Waals surface area contributed by atoms with Crippen molar-refractivity contribution < 1.29 is 14.3 Å². The molecule has 25 heavy (non-hydrogen) atoms. The maximum Gasteiger partial charge on any atom is 0.322 e. The van der Waals surface area contributed by atoms with E-state index in [0.29, 0.717) is 36.0 Å². The zero-order chi connectivity index (χ0) is 18.0. The third-order valence-electron chi connectivity index (χ3n) is 4.44. The van der Waals surface area contributed by atoms with Gasteiger partial charge < -0.3 is 25.7 Å². The highest BCUT2D eigenvalue weighted by atomic mass is 16.5. The van der Waals surface area contributed by atoms with Gasteiger partial charge in [-0.15, -0.1) is 0 Å². The van der Waals surface area contributed by atoms with E-state index in [1.807, 2.05) is 0 Å². The molecule has 3 rings (SSSR count). The zero-order valence-corrected chi connectivity index (χ0v) is 13.9. The normalized spacial score (nSPS) is 17.3. The molecule has 0 spiro atoms. The maximum absolute atomic E-state index is 12.6. The number of anilines is 1. The lowest BCUT2D eigenvalue weighted by Crippen LogP contribution is -2.46. The number of hydrogen-bond donors (Lipinski definition) is 3. The molecule has 3 amide bonds. The number of carbonyl (C=O) groups is 2. The fraction of sp³-hybridized carbons (Fsp3) is 0.353. The molecule has 4 N–H and O–H groups in total. The summed E-state index contributed by atoms with van der Waals surface area (Å²) in [5, 5.41) is 3.04. The Bertz CT molecular complexity index is 877. The smallest absolute Gasteiger partial charge is 0.322 e. The SMILES string of the molecule is COc1ccc2[nH]cc(NC(=O)N3CCCC(C(N)=O)C3)c(=O)c2c1. The number of likely N-dealkylation sites (tertiary alicyclic amines) is 1. The molecule has 8 heteroatoms. The largest absolute Gasteiger partial charge is 0.497 e. The van der Waals surface area contributed by atoms with Crippen molar-refractivity contribution in [2.24, 2.45) is 11.7 Å². The van der Waals surface area contributed by atoms with Crippen LogP contribution in [0.3, 0.4) is 0 Å². The Balaban J connectivity index is 1.82. The molecule has 1 fully saturated rings. The average Bonchev–Trinajstić information content (AvgIpc) is 2.63. The van der Waals surface area contributed by atoms with Crippen molar-refractivity contribution in [3.63, 3.8) is 0 Å². The first-order chi connectivity index (χ1) is 12.0. The minimum Gasteiger partial charge on any atom is -0.497 e. The first-order valence-electron chi connectivity index (χ1n) is 8.04. The summed E-state index contributed by atoms with van der Waals surface area (Å²) in [6.07, 6.45) is 2.84. The molecule has 1 aliphatic rings. The van der Waals surface area contributed by atoms with Crippen molar-refractivity contribution >= 4 is 28.5 Å². The third kappa shape index (κ3) is 3.42. The Morgan fingerprint density at radius 1 is 1.40 bits per heavy atom. The molecule has 1 unspecified atom stereocenters. The van der Waals surface area contributed by atoms with Gasteiger partial charge in [-0.1, -0.05) is 0 Å². The number of rotatable bonds is 3. The predicted molar refractivity (Wildman–Crippen MR) is 93.6 cm³/mol. The monoisotopic (exact) mass is 344 g/mol. The lowest BCUT2D eigenvalue weighted by Gasteiger charge is -2.31. The first kappa shape index (κ1) is 16.8. The second-order valence-corrected chi connectivity index (χ2v) is 6.06. The number of pyridine rings is 1. The number of H-pyrrole nitrogens is 1. The quantitative estimate of drug-likeness (QED) is 0.777. The number of hydrogen-bond acceptors (Lipinski definition) is 4. The molecule has 2 aromatic rings. The van der Waals surface area contributed by atoms with E-state index in [2.05, 4.69) is 10.3 Å². The highest BCUT2D eigenvalue weighted by molar-refractivity contribution is 5.92. The van der Waals surface area contributed by atoms with Gasteiger partial charge in [-0.05, 0) is 31.0 Å². The van der Waals surface area contributed by atoms with E-state index < -0.39 is 11.9 Å². The fourth-order valence-corrected chi connectivity index (χ4v) is 3.01. The number of aromatic nitrogens is 1. The van der Waals surface area contributed by atoms with Crippen molar-refractivity contribution in [1.82, 2.24) is 9.88 Å². The molecule has 1 aromatic heterocycles. The summed E-state index contributed by atoms with van der Waals surface area (Å²) >= 11 is 0. The third-order valence-corrected chi connectivity index (χ3v) is 4.44. The highest BCUT2D eigenvalue weighted by Crippen LogP contribution is 2.19. The Kier molecular flexibility index (Phi) is 4.60. The van der Waals surface area contributed by atoms with Gasteiger partial charge in [-0.25, -0.2) is 4.79 Å². The van der Waals surface area contributed by atoms with E-state index >= 15 is 0 Å².